The van der Waals surface area contributed by atoms with Crippen LogP contribution in [0.15, 0.2) is 0 Å². The molecule has 0 spiro atoms. The van der Waals surface area contributed by atoms with Gasteiger partial charge >= 0.3 is 6.09 Å². The van der Waals surface area contributed by atoms with Gasteiger partial charge in [-0.3, -0.25) is 14.9 Å². The van der Waals surface area contributed by atoms with E-state index in [0.29, 0.717) is 6.42 Å². The number of hydrogen-bond donors (Lipinski definition) is 2. The summed E-state index contributed by atoms with van der Waals surface area (Å²) in [6.45, 7) is 12.9. The molecule has 0 fully saturated rings. The third kappa shape index (κ3) is 10.2. The van der Waals surface area contributed by atoms with Gasteiger partial charge in [0.15, 0.2) is 0 Å². The van der Waals surface area contributed by atoms with Gasteiger partial charge in [-0.05, 0) is 39.0 Å². The van der Waals surface area contributed by atoms with Crippen molar-refractivity contribution >= 4 is 17.9 Å². The Morgan fingerprint density at radius 2 is 1.55 bits per heavy atom. The van der Waals surface area contributed by atoms with Crippen molar-refractivity contribution in [3.05, 3.63) is 0 Å². The average molecular weight is 314 g/mol. The number of carbonyl (C=O) groups is 3. The van der Waals surface area contributed by atoms with Crippen molar-refractivity contribution in [1.82, 2.24) is 10.6 Å². The number of hydrogen-bond acceptors (Lipinski definition) is 4. The van der Waals surface area contributed by atoms with Gasteiger partial charge in [-0.15, -0.1) is 0 Å². The van der Waals surface area contributed by atoms with E-state index in [1.807, 2.05) is 27.7 Å². The Kier molecular flexibility index (Phi) is 8.12. The van der Waals surface area contributed by atoms with Gasteiger partial charge in [-0.2, -0.15) is 0 Å². The Labute approximate surface area is 133 Å². The molecule has 0 aliphatic carbocycles. The van der Waals surface area contributed by atoms with Crippen LogP contribution in [-0.2, 0) is 14.3 Å². The van der Waals surface area contributed by atoms with E-state index in [1.54, 1.807) is 20.8 Å². The van der Waals surface area contributed by atoms with E-state index in [2.05, 4.69) is 10.6 Å². The zero-order valence-electron chi connectivity index (χ0n) is 14.8. The minimum atomic E-state index is -0.786. The van der Waals surface area contributed by atoms with Crippen LogP contribution in [0.1, 0.15) is 61.3 Å². The second-order valence-corrected chi connectivity index (χ2v) is 7.34. The van der Waals surface area contributed by atoms with Crippen LogP contribution in [0.2, 0.25) is 0 Å². The van der Waals surface area contributed by atoms with E-state index < -0.39 is 23.6 Å². The molecule has 0 radical (unpaired) electrons. The summed E-state index contributed by atoms with van der Waals surface area (Å²) in [6.07, 6.45) is 0.0386. The number of ether oxygens (including phenoxy) is 1. The summed E-state index contributed by atoms with van der Waals surface area (Å²) >= 11 is 0. The van der Waals surface area contributed by atoms with Crippen LogP contribution in [0.25, 0.3) is 0 Å². The van der Waals surface area contributed by atoms with Crippen LogP contribution in [-0.4, -0.2) is 29.6 Å². The zero-order valence-corrected chi connectivity index (χ0v) is 14.8. The smallest absolute Gasteiger partial charge is 0.408 e. The molecule has 6 heteroatoms. The predicted molar refractivity (Wildman–Crippen MR) is 85.2 cm³/mol. The van der Waals surface area contributed by atoms with Crippen molar-refractivity contribution in [3.8, 4) is 0 Å². The quantitative estimate of drug-likeness (QED) is 0.789. The molecule has 0 aromatic carbocycles. The Balaban J connectivity index is 4.72. The van der Waals surface area contributed by atoms with E-state index in [0.717, 1.165) is 0 Å². The lowest BCUT2D eigenvalue weighted by Gasteiger charge is -2.24. The summed E-state index contributed by atoms with van der Waals surface area (Å²) in [5.41, 5.74) is -0.642. The van der Waals surface area contributed by atoms with Gasteiger partial charge in [0.05, 0.1) is 0 Å². The Bertz CT molecular complexity index is 397. The van der Waals surface area contributed by atoms with E-state index in [1.165, 1.54) is 0 Å². The lowest BCUT2D eigenvalue weighted by molar-refractivity contribution is -0.132. The van der Waals surface area contributed by atoms with Crippen molar-refractivity contribution < 1.29 is 19.1 Å². The van der Waals surface area contributed by atoms with Crippen LogP contribution < -0.4 is 10.6 Å². The lowest BCUT2D eigenvalue weighted by atomic mass is 10.0. The molecule has 1 atom stereocenters. The maximum atomic E-state index is 12.2. The van der Waals surface area contributed by atoms with Crippen LogP contribution >= 0.6 is 0 Å². The fraction of sp³-hybridized carbons (Fsp3) is 0.812. The van der Waals surface area contributed by atoms with Crippen molar-refractivity contribution in [1.29, 1.82) is 0 Å². The highest BCUT2D eigenvalue weighted by atomic mass is 16.6. The molecule has 0 heterocycles. The fourth-order valence-corrected chi connectivity index (χ4v) is 1.80. The molecule has 3 amide bonds. The normalized spacial score (nSPS) is 13.0. The third-order valence-electron chi connectivity index (χ3n) is 2.57. The summed E-state index contributed by atoms with van der Waals surface area (Å²) in [6, 6.07) is -0.786. The molecular formula is C16H30N2O4. The molecule has 22 heavy (non-hydrogen) atoms. The summed E-state index contributed by atoms with van der Waals surface area (Å²) < 4.78 is 5.15. The molecule has 6 nitrogen and oxygen atoms in total. The van der Waals surface area contributed by atoms with E-state index in [4.69, 9.17) is 4.74 Å². The van der Waals surface area contributed by atoms with Crippen molar-refractivity contribution in [3.63, 3.8) is 0 Å². The molecule has 128 valence electrons. The maximum absolute atomic E-state index is 12.2. The van der Waals surface area contributed by atoms with Crippen LogP contribution in [0.3, 0.4) is 0 Å². The number of imide groups is 1. The molecule has 0 aliphatic heterocycles. The summed E-state index contributed by atoms with van der Waals surface area (Å²) in [5, 5.41) is 4.87. The topological polar surface area (TPSA) is 84.5 Å². The molecule has 0 rings (SSSR count). The maximum Gasteiger partial charge on any atom is 0.408 e. The first kappa shape index (κ1) is 20.4. The molecule has 0 aromatic heterocycles. The molecule has 0 unspecified atom stereocenters. The molecule has 0 aliphatic rings. The second-order valence-electron chi connectivity index (χ2n) is 7.34. The first-order chi connectivity index (χ1) is 9.90. The van der Waals surface area contributed by atoms with Crippen molar-refractivity contribution in [2.45, 2.75) is 73.0 Å². The van der Waals surface area contributed by atoms with Crippen LogP contribution in [0, 0.1) is 11.8 Å². The van der Waals surface area contributed by atoms with Gasteiger partial charge in [-0.1, -0.05) is 27.7 Å². The first-order valence-corrected chi connectivity index (χ1v) is 7.74. The van der Waals surface area contributed by atoms with Gasteiger partial charge in [0.1, 0.15) is 11.6 Å². The summed E-state index contributed by atoms with van der Waals surface area (Å²) in [7, 11) is 0. The van der Waals surface area contributed by atoms with E-state index in [-0.39, 0.29) is 24.2 Å². The Hall–Kier alpha value is -1.59. The Morgan fingerprint density at radius 1 is 1.00 bits per heavy atom. The summed E-state index contributed by atoms with van der Waals surface area (Å²) in [5.74, 6) is -0.481. The van der Waals surface area contributed by atoms with Gasteiger partial charge in [0, 0.05) is 6.42 Å². The fourth-order valence-electron chi connectivity index (χ4n) is 1.80. The van der Waals surface area contributed by atoms with E-state index >= 15 is 0 Å². The molecule has 2 N–H and O–H groups in total. The number of alkyl carbamates (subject to hydrolysis) is 1. The molecule has 0 saturated carbocycles. The predicted octanol–water partition coefficient (Wildman–Crippen LogP) is 2.61. The highest BCUT2D eigenvalue weighted by molar-refractivity contribution is 5.98. The zero-order chi connectivity index (χ0) is 17.5. The van der Waals surface area contributed by atoms with Gasteiger partial charge in [0.2, 0.25) is 11.8 Å². The average Bonchev–Trinajstić information content (AvgIpc) is 2.22. The largest absolute Gasteiger partial charge is 0.444 e. The minimum Gasteiger partial charge on any atom is -0.444 e. The first-order valence-electron chi connectivity index (χ1n) is 7.74. The third-order valence-corrected chi connectivity index (χ3v) is 2.57. The van der Waals surface area contributed by atoms with Gasteiger partial charge in [0.25, 0.3) is 0 Å². The molecular weight excluding hydrogens is 284 g/mol. The lowest BCUT2D eigenvalue weighted by Crippen LogP contribution is -2.50. The molecule has 0 bridgehead atoms. The minimum absolute atomic E-state index is 0.162. The van der Waals surface area contributed by atoms with Crippen LogP contribution in [0.5, 0.6) is 0 Å². The van der Waals surface area contributed by atoms with E-state index in [9.17, 15) is 14.4 Å². The monoisotopic (exact) mass is 314 g/mol. The number of nitrogens with one attached hydrogen (secondary N) is 2. The highest BCUT2D eigenvalue weighted by Crippen LogP contribution is 2.10. The molecule has 0 aromatic rings. The molecule has 0 saturated heterocycles. The highest BCUT2D eigenvalue weighted by Gasteiger charge is 2.26. The van der Waals surface area contributed by atoms with Crippen molar-refractivity contribution in [2.24, 2.45) is 11.8 Å². The number of amides is 3. The van der Waals surface area contributed by atoms with Gasteiger partial charge in [-0.25, -0.2) is 4.79 Å². The second kappa shape index (κ2) is 8.76. The standard InChI is InChI=1S/C16H30N2O4/c1-10(2)8-12(17-15(21)22-16(5,6)7)14(20)18-13(19)9-11(3)4/h10-12H,8-9H2,1-7H3,(H,17,21)(H,18,19,20)/t12-/m0/s1. The van der Waals surface area contributed by atoms with Gasteiger partial charge < -0.3 is 10.1 Å². The van der Waals surface area contributed by atoms with Crippen LogP contribution in [0.4, 0.5) is 4.79 Å². The SMILES string of the molecule is CC(C)CC(=O)NC(=O)[C@H](CC(C)C)NC(=O)OC(C)(C)C. The van der Waals surface area contributed by atoms with Crippen molar-refractivity contribution in [2.75, 3.05) is 0 Å². The Morgan fingerprint density at radius 3 is 1.95 bits per heavy atom. The number of carbonyl (C=O) groups excluding carboxylic acids is 3. The number of rotatable bonds is 6. The summed E-state index contributed by atoms with van der Waals surface area (Å²) in [4.78, 5) is 35.7.